The zero-order valence-electron chi connectivity index (χ0n) is 46.2. The lowest BCUT2D eigenvalue weighted by molar-refractivity contribution is -0.131. The number of methoxy groups -OCH3 is 1. The first-order valence-corrected chi connectivity index (χ1v) is 28.7. The van der Waals surface area contributed by atoms with Crippen molar-refractivity contribution in [2.45, 2.75) is 109 Å². The summed E-state index contributed by atoms with van der Waals surface area (Å²) in [4.78, 5) is 86.3. The summed E-state index contributed by atoms with van der Waals surface area (Å²) in [5.41, 5.74) is 6.91. The summed E-state index contributed by atoms with van der Waals surface area (Å²) >= 11 is 1.14. The number of piperidine rings is 1. The molecule has 20 heteroatoms. The highest BCUT2D eigenvalue weighted by atomic mass is 32.2. The van der Waals surface area contributed by atoms with Crippen molar-refractivity contribution in [1.82, 2.24) is 55.2 Å². The number of amides is 4. The molecule has 6 heterocycles. The summed E-state index contributed by atoms with van der Waals surface area (Å²) in [6.07, 6.45) is 12.8. The molecule has 2 unspecified atom stereocenters. The van der Waals surface area contributed by atoms with Crippen LogP contribution in [0.2, 0.25) is 0 Å². The van der Waals surface area contributed by atoms with Crippen LogP contribution in [0.4, 0.5) is 5.69 Å². The number of hydrogen-bond donors (Lipinski definition) is 5. The quantitative estimate of drug-likeness (QED) is 0.0350. The fourth-order valence-electron chi connectivity index (χ4n) is 10.5. The second-order valence-electron chi connectivity index (χ2n) is 20.3. The molecule has 0 saturated carbocycles. The number of carbonyl (C=O) groups excluding carboxylic acids is 4. The maximum Gasteiger partial charge on any atom is 0.279 e. The monoisotopic (exact) mass is 1100 g/mol. The molecule has 79 heavy (non-hydrogen) atoms. The summed E-state index contributed by atoms with van der Waals surface area (Å²) in [6, 6.07) is 20.0. The molecule has 8 rings (SSSR count). The van der Waals surface area contributed by atoms with Gasteiger partial charge in [-0.05, 0) is 110 Å². The van der Waals surface area contributed by atoms with Crippen LogP contribution in [-0.4, -0.2) is 130 Å². The standard InChI is InChI=1S/C59H76N12O7S/c1-6-12-42(13-7-2)55(66-57(74)44-15-10-14-43(29-44)46-16-11-22-70(38-46)54(72)36-60-33-45-17-19-48(77-5)31-53(45)78-9-4)59(76)61-21-23-71-39-49(35-64-71)79-67-58(75)50-20-18-47(34-63-50)69-26-24-68(25-27-69)37-40-28-52-51(62-32-40)30-41(8-3)56(73)65-52/h10,14-15,17-20,28-32,34-35,39,42,46,55,60H,6-9,11-13,16,21-27,33,36-38H2,1-5H3,(H,61,76)(H,65,73)(H,66,74)(H,67,75). The number of likely N-dealkylation sites (tertiary alicyclic amines) is 1. The van der Waals surface area contributed by atoms with E-state index in [0.29, 0.717) is 61.1 Å². The predicted molar refractivity (Wildman–Crippen MR) is 307 cm³/mol. The molecule has 420 valence electrons. The highest BCUT2D eigenvalue weighted by molar-refractivity contribution is 7.98. The number of aromatic amines is 1. The fourth-order valence-corrected chi connectivity index (χ4v) is 11.1. The van der Waals surface area contributed by atoms with Gasteiger partial charge in [0.2, 0.25) is 11.8 Å². The number of pyridine rings is 3. The number of fused-ring (bicyclic) bond motifs is 1. The minimum absolute atomic E-state index is 0.0199. The Morgan fingerprint density at radius 2 is 1.70 bits per heavy atom. The molecular weight excluding hydrogens is 1020 g/mol. The molecule has 2 aliphatic rings. The van der Waals surface area contributed by atoms with Gasteiger partial charge in [0.05, 0.1) is 60.8 Å². The number of benzene rings is 2. The van der Waals surface area contributed by atoms with E-state index in [4.69, 9.17) is 9.47 Å². The third-order valence-electron chi connectivity index (χ3n) is 14.8. The third-order valence-corrected chi connectivity index (χ3v) is 15.5. The van der Waals surface area contributed by atoms with Gasteiger partial charge in [0.1, 0.15) is 23.2 Å². The molecular formula is C59H76N12O7S. The molecule has 0 bridgehead atoms. The number of carbonyl (C=O) groups is 4. The zero-order valence-corrected chi connectivity index (χ0v) is 47.0. The lowest BCUT2D eigenvalue weighted by Crippen LogP contribution is -2.51. The highest BCUT2D eigenvalue weighted by Crippen LogP contribution is 2.29. The lowest BCUT2D eigenvalue weighted by atomic mass is 9.88. The Morgan fingerprint density at radius 3 is 2.44 bits per heavy atom. The van der Waals surface area contributed by atoms with Gasteiger partial charge < -0.3 is 40.2 Å². The van der Waals surface area contributed by atoms with Gasteiger partial charge in [-0.25, -0.2) is 4.98 Å². The summed E-state index contributed by atoms with van der Waals surface area (Å²) in [6.45, 7) is 15.1. The third kappa shape index (κ3) is 15.7. The first-order chi connectivity index (χ1) is 38.4. The number of aryl methyl sites for hydroxylation is 1. The second-order valence-corrected chi connectivity index (χ2v) is 21.2. The molecule has 2 aliphatic heterocycles. The second kappa shape index (κ2) is 28.5. The van der Waals surface area contributed by atoms with Crippen LogP contribution >= 0.6 is 11.9 Å². The predicted octanol–water partition coefficient (Wildman–Crippen LogP) is 6.87. The number of aromatic nitrogens is 5. The van der Waals surface area contributed by atoms with Crippen LogP contribution in [0.1, 0.15) is 115 Å². The molecule has 2 atom stereocenters. The molecule has 2 aromatic carbocycles. The molecule has 5 N–H and O–H groups in total. The first kappa shape index (κ1) is 57.9. The normalized spacial score (nSPS) is 15.2. The average Bonchev–Trinajstić information content (AvgIpc) is 3.94. The van der Waals surface area contributed by atoms with Crippen LogP contribution in [0.3, 0.4) is 0 Å². The first-order valence-electron chi connectivity index (χ1n) is 27.9. The Kier molecular flexibility index (Phi) is 20.9. The number of anilines is 1. The van der Waals surface area contributed by atoms with Gasteiger partial charge in [0.25, 0.3) is 17.4 Å². The van der Waals surface area contributed by atoms with Gasteiger partial charge in [-0.1, -0.05) is 51.8 Å². The van der Waals surface area contributed by atoms with E-state index in [1.807, 2.05) is 79.5 Å². The Bertz CT molecular complexity index is 3060. The van der Waals surface area contributed by atoms with Crippen LogP contribution in [0.15, 0.2) is 101 Å². The smallest absolute Gasteiger partial charge is 0.279 e. The number of rotatable bonds is 26. The molecule has 0 aliphatic carbocycles. The van der Waals surface area contributed by atoms with E-state index in [1.165, 1.54) is 0 Å². The van der Waals surface area contributed by atoms with Crippen molar-refractivity contribution in [2.75, 3.05) is 71.0 Å². The van der Waals surface area contributed by atoms with E-state index in [1.54, 1.807) is 42.5 Å². The van der Waals surface area contributed by atoms with Crippen molar-refractivity contribution in [3.63, 3.8) is 0 Å². The van der Waals surface area contributed by atoms with Gasteiger partial charge in [-0.15, -0.1) is 0 Å². The Balaban J connectivity index is 0.778. The van der Waals surface area contributed by atoms with Crippen LogP contribution in [0, 0.1) is 5.92 Å². The van der Waals surface area contributed by atoms with Crippen LogP contribution in [0.5, 0.6) is 11.5 Å². The summed E-state index contributed by atoms with van der Waals surface area (Å²) in [5.74, 6) is 0.570. The van der Waals surface area contributed by atoms with E-state index in [2.05, 4.69) is 64.4 Å². The maximum absolute atomic E-state index is 14.1. The lowest BCUT2D eigenvalue weighted by Gasteiger charge is -2.36. The van der Waals surface area contributed by atoms with E-state index in [9.17, 15) is 24.0 Å². The highest BCUT2D eigenvalue weighted by Gasteiger charge is 2.31. The van der Waals surface area contributed by atoms with Crippen LogP contribution in [0.25, 0.3) is 11.0 Å². The molecule has 0 radical (unpaired) electrons. The topological polar surface area (TPSA) is 221 Å². The van der Waals surface area contributed by atoms with Crippen molar-refractivity contribution in [2.24, 2.45) is 5.92 Å². The summed E-state index contributed by atoms with van der Waals surface area (Å²) in [7, 11) is 1.62. The molecule has 4 amide bonds. The number of ether oxygens (including phenoxy) is 2. The minimum atomic E-state index is -0.741. The molecule has 2 fully saturated rings. The van der Waals surface area contributed by atoms with Crippen molar-refractivity contribution in [1.29, 1.82) is 0 Å². The Hall–Kier alpha value is -7.29. The van der Waals surface area contributed by atoms with E-state index < -0.39 is 6.04 Å². The molecule has 0 spiro atoms. The van der Waals surface area contributed by atoms with Gasteiger partial charge in [0, 0.05) is 100.0 Å². The average molecular weight is 1100 g/mol. The summed E-state index contributed by atoms with van der Waals surface area (Å²) in [5, 5.41) is 13.9. The van der Waals surface area contributed by atoms with E-state index in [-0.39, 0.29) is 54.1 Å². The van der Waals surface area contributed by atoms with Crippen LogP contribution < -0.4 is 40.6 Å². The van der Waals surface area contributed by atoms with Crippen molar-refractivity contribution >= 4 is 52.3 Å². The number of nitrogens with zero attached hydrogens (tertiary/aromatic N) is 7. The van der Waals surface area contributed by atoms with Gasteiger partial charge in [0.15, 0.2) is 0 Å². The van der Waals surface area contributed by atoms with E-state index >= 15 is 0 Å². The van der Waals surface area contributed by atoms with Gasteiger partial charge in [-0.2, -0.15) is 5.10 Å². The van der Waals surface area contributed by atoms with Crippen LogP contribution in [-0.2, 0) is 35.6 Å². The molecule has 4 aromatic heterocycles. The Morgan fingerprint density at radius 1 is 0.873 bits per heavy atom. The number of piperazine rings is 1. The summed E-state index contributed by atoms with van der Waals surface area (Å²) < 4.78 is 15.7. The zero-order chi connectivity index (χ0) is 55.7. The van der Waals surface area contributed by atoms with Gasteiger partial charge >= 0.3 is 0 Å². The van der Waals surface area contributed by atoms with Crippen molar-refractivity contribution in [3.8, 4) is 11.5 Å². The molecule has 19 nitrogen and oxygen atoms in total. The SMILES string of the molecule is CCCC(CCC)C(NC(=O)c1cccc(C2CCCN(C(=O)CNCc3ccc(OC)cc3OCC)C2)c1)C(=O)NCCn1cc(SNC(=O)c2ccc(N3CCN(Cc4cnc5cc(CC)c(=O)[nH]c5c4)CC3)cn2)cn1. The number of hydrogen-bond acceptors (Lipinski definition) is 14. The number of nitrogens with one attached hydrogen (secondary N) is 5. The maximum atomic E-state index is 14.1. The molecule has 6 aromatic rings. The number of H-pyrrole nitrogens is 1. The minimum Gasteiger partial charge on any atom is -0.497 e. The van der Waals surface area contributed by atoms with Gasteiger partial charge in [-0.3, -0.25) is 43.3 Å². The van der Waals surface area contributed by atoms with Crippen molar-refractivity contribution in [3.05, 3.63) is 135 Å². The fraction of sp³-hybridized carbons (Fsp3) is 0.458. The van der Waals surface area contributed by atoms with Crippen molar-refractivity contribution < 1.29 is 28.7 Å². The Labute approximate surface area is 467 Å². The largest absolute Gasteiger partial charge is 0.497 e. The molecule has 2 saturated heterocycles. The van der Waals surface area contributed by atoms with E-state index in [0.717, 1.165) is 128 Å².